The summed E-state index contributed by atoms with van der Waals surface area (Å²) in [5, 5.41) is 0. The molecule has 2 amide bonds. The van der Waals surface area contributed by atoms with Crippen molar-refractivity contribution in [3.8, 4) is 0 Å². The standard InChI is InChI=1S/C6H9B2NO2/c1-3-4(2)9(5(7)10)6(8)11/h4H,3H2,1-2H3. The van der Waals surface area contributed by atoms with Gasteiger partial charge in [-0.05, 0) is 13.3 Å². The van der Waals surface area contributed by atoms with E-state index >= 15 is 0 Å². The molecule has 1 atom stereocenters. The minimum absolute atomic E-state index is 0.231. The molecule has 0 aliphatic carbocycles. The second kappa shape index (κ2) is 4.21. The van der Waals surface area contributed by atoms with Gasteiger partial charge >= 0.3 is 0 Å². The smallest absolute Gasteiger partial charge is 0.201 e. The molecule has 56 valence electrons. The third-order valence-corrected chi connectivity index (χ3v) is 1.51. The van der Waals surface area contributed by atoms with Crippen LogP contribution in [0.5, 0.6) is 0 Å². The number of nitrogens with zero attached hydrogens (tertiary/aromatic N) is 1. The zero-order chi connectivity index (χ0) is 9.02. The summed E-state index contributed by atoms with van der Waals surface area (Å²) in [5.41, 5.74) is 0. The fraction of sp³-hybridized carbons (Fsp3) is 0.667. The molecule has 5 heteroatoms. The number of amides is 2. The Morgan fingerprint density at radius 3 is 1.82 bits per heavy atom. The molecule has 3 nitrogen and oxygen atoms in total. The van der Waals surface area contributed by atoms with Crippen molar-refractivity contribution in [1.82, 2.24) is 4.90 Å². The Bertz CT molecular complexity index is 158. The van der Waals surface area contributed by atoms with E-state index in [0.29, 0.717) is 6.42 Å². The maximum absolute atomic E-state index is 10.6. The third-order valence-electron chi connectivity index (χ3n) is 1.51. The monoisotopic (exact) mass is 149 g/mol. The molecule has 0 spiro atoms. The zero-order valence-electron chi connectivity index (χ0n) is 6.70. The summed E-state index contributed by atoms with van der Waals surface area (Å²) in [7, 11) is 9.80. The van der Waals surface area contributed by atoms with Gasteiger partial charge in [-0.15, -0.1) is 0 Å². The first-order chi connectivity index (χ1) is 5.00. The highest BCUT2D eigenvalue weighted by atomic mass is 16.2. The van der Waals surface area contributed by atoms with Crippen molar-refractivity contribution in [2.75, 3.05) is 0 Å². The van der Waals surface area contributed by atoms with E-state index in [4.69, 9.17) is 15.7 Å². The van der Waals surface area contributed by atoms with Crippen LogP contribution in [0.1, 0.15) is 20.3 Å². The molecule has 0 aliphatic rings. The highest BCUT2D eigenvalue weighted by Gasteiger charge is 2.17. The molecule has 4 radical (unpaired) electrons. The van der Waals surface area contributed by atoms with Crippen molar-refractivity contribution in [2.24, 2.45) is 0 Å². The summed E-state index contributed by atoms with van der Waals surface area (Å²) >= 11 is 0. The summed E-state index contributed by atoms with van der Waals surface area (Å²) < 4.78 is 0. The summed E-state index contributed by atoms with van der Waals surface area (Å²) in [6.45, 7) is 3.54. The van der Waals surface area contributed by atoms with Gasteiger partial charge in [0.05, 0.1) is 0 Å². The summed E-state index contributed by atoms with van der Waals surface area (Å²) in [6.07, 6.45) is 0.645. The molecule has 0 aromatic carbocycles. The first kappa shape index (κ1) is 10.3. The van der Waals surface area contributed by atoms with E-state index in [2.05, 4.69) is 0 Å². The van der Waals surface area contributed by atoms with E-state index in [1.54, 1.807) is 6.92 Å². The lowest BCUT2D eigenvalue weighted by atomic mass is 10.00. The number of hydrogen-bond acceptors (Lipinski definition) is 2. The van der Waals surface area contributed by atoms with Crippen LogP contribution in [0.25, 0.3) is 0 Å². The van der Waals surface area contributed by atoms with Gasteiger partial charge in [-0.3, -0.25) is 14.5 Å². The van der Waals surface area contributed by atoms with Gasteiger partial charge in [-0.2, -0.15) is 0 Å². The second-order valence-corrected chi connectivity index (χ2v) is 2.30. The fourth-order valence-electron chi connectivity index (χ4n) is 0.726. The van der Waals surface area contributed by atoms with E-state index < -0.39 is 11.6 Å². The topological polar surface area (TPSA) is 37.4 Å². The molecular weight excluding hydrogens is 140 g/mol. The molecule has 0 saturated heterocycles. The SMILES string of the molecule is [B]C(=O)N(C([B])=O)C(C)CC. The highest BCUT2D eigenvalue weighted by molar-refractivity contribution is 6.65. The van der Waals surface area contributed by atoms with Gasteiger partial charge in [0.25, 0.3) is 0 Å². The maximum atomic E-state index is 10.6. The van der Waals surface area contributed by atoms with Crippen LogP contribution in [0.4, 0.5) is 9.59 Å². The molecule has 1 unspecified atom stereocenters. The predicted molar refractivity (Wildman–Crippen MR) is 43.9 cm³/mol. The number of hydrogen-bond donors (Lipinski definition) is 0. The first-order valence-corrected chi connectivity index (χ1v) is 3.38. The lowest BCUT2D eigenvalue weighted by Gasteiger charge is -2.24. The van der Waals surface area contributed by atoms with Gasteiger partial charge in [0, 0.05) is 6.04 Å². The van der Waals surface area contributed by atoms with Crippen LogP contribution in [0.15, 0.2) is 0 Å². The number of carbonyl (C=O) groups excluding carboxylic acids is 2. The molecule has 0 aliphatic heterocycles. The Hall–Kier alpha value is -0.730. The quantitative estimate of drug-likeness (QED) is 0.540. The third kappa shape index (κ3) is 2.78. The molecule has 0 heterocycles. The van der Waals surface area contributed by atoms with Gasteiger partial charge in [0.2, 0.25) is 15.7 Å². The molecule has 0 rings (SSSR count). The molecule has 0 N–H and O–H groups in total. The highest BCUT2D eigenvalue weighted by Crippen LogP contribution is 2.03. The van der Waals surface area contributed by atoms with Crippen molar-refractivity contribution >= 4 is 27.3 Å². The Morgan fingerprint density at radius 2 is 1.73 bits per heavy atom. The normalized spacial score (nSPS) is 12.2. The molecule has 0 aromatic heterocycles. The molecule has 11 heavy (non-hydrogen) atoms. The summed E-state index contributed by atoms with van der Waals surface area (Å²) in [6, 6.07) is -0.231. The fourth-order valence-corrected chi connectivity index (χ4v) is 0.726. The Balaban J connectivity index is 4.34. The predicted octanol–water partition coefficient (Wildman–Crippen LogP) is 0.664. The average molecular weight is 149 g/mol. The van der Waals surface area contributed by atoms with Crippen LogP contribution in [0.2, 0.25) is 0 Å². The minimum Gasteiger partial charge on any atom is -0.300 e. The van der Waals surface area contributed by atoms with Gasteiger partial charge in [-0.1, -0.05) is 6.92 Å². The molecule has 0 aromatic rings. The van der Waals surface area contributed by atoms with E-state index in [1.165, 1.54) is 0 Å². The van der Waals surface area contributed by atoms with Crippen LogP contribution < -0.4 is 0 Å². The van der Waals surface area contributed by atoms with Crippen LogP contribution in [-0.2, 0) is 0 Å². The van der Waals surface area contributed by atoms with E-state index in [9.17, 15) is 9.59 Å². The molecule has 0 bridgehead atoms. The molecule has 0 saturated carbocycles. The van der Waals surface area contributed by atoms with Gasteiger partial charge in [-0.25, -0.2) is 0 Å². The van der Waals surface area contributed by atoms with Crippen molar-refractivity contribution < 1.29 is 9.59 Å². The van der Waals surface area contributed by atoms with Crippen molar-refractivity contribution in [1.29, 1.82) is 0 Å². The lowest BCUT2D eigenvalue weighted by molar-refractivity contribution is 0.200. The van der Waals surface area contributed by atoms with E-state index in [-0.39, 0.29) is 6.04 Å². The van der Waals surface area contributed by atoms with Crippen molar-refractivity contribution in [3.05, 3.63) is 0 Å². The van der Waals surface area contributed by atoms with Gasteiger partial charge < -0.3 is 0 Å². The molecule has 0 fully saturated rings. The molecular formula is C6H9B2NO2. The van der Waals surface area contributed by atoms with E-state index in [0.717, 1.165) is 4.90 Å². The summed E-state index contributed by atoms with van der Waals surface area (Å²) in [5.74, 6) is -1.60. The van der Waals surface area contributed by atoms with Crippen LogP contribution in [0, 0.1) is 0 Å². The van der Waals surface area contributed by atoms with Crippen molar-refractivity contribution in [2.45, 2.75) is 26.3 Å². The Morgan fingerprint density at radius 1 is 1.36 bits per heavy atom. The van der Waals surface area contributed by atoms with E-state index in [1.807, 2.05) is 6.92 Å². The number of rotatable bonds is 2. The average Bonchev–Trinajstić information content (AvgIpc) is 1.85. The van der Waals surface area contributed by atoms with Crippen LogP contribution >= 0.6 is 0 Å². The summed E-state index contributed by atoms with van der Waals surface area (Å²) in [4.78, 5) is 22.0. The van der Waals surface area contributed by atoms with Gasteiger partial charge in [0.15, 0.2) is 11.6 Å². The second-order valence-electron chi connectivity index (χ2n) is 2.30. The zero-order valence-corrected chi connectivity index (χ0v) is 6.70. The van der Waals surface area contributed by atoms with Crippen molar-refractivity contribution in [3.63, 3.8) is 0 Å². The number of imide groups is 1. The first-order valence-electron chi connectivity index (χ1n) is 3.38. The van der Waals surface area contributed by atoms with Crippen LogP contribution in [0.3, 0.4) is 0 Å². The Labute approximate surface area is 69.0 Å². The van der Waals surface area contributed by atoms with Crippen LogP contribution in [-0.4, -0.2) is 38.2 Å². The Kier molecular flexibility index (Phi) is 3.93. The maximum Gasteiger partial charge on any atom is 0.201 e. The lowest BCUT2D eigenvalue weighted by Crippen LogP contribution is -2.41. The largest absolute Gasteiger partial charge is 0.300 e. The van der Waals surface area contributed by atoms with Gasteiger partial charge in [0.1, 0.15) is 0 Å². The minimum atomic E-state index is -0.799. The number of carbonyl (C=O) groups is 2.